The maximum atomic E-state index is 10.8. The van der Waals surface area contributed by atoms with Crippen LogP contribution in [0.25, 0.3) is 0 Å². The van der Waals surface area contributed by atoms with Crippen LogP contribution in [0.3, 0.4) is 0 Å². The van der Waals surface area contributed by atoms with E-state index < -0.39 is 29.6 Å². The van der Waals surface area contributed by atoms with E-state index in [0.717, 1.165) is 19.3 Å². The van der Waals surface area contributed by atoms with Crippen molar-refractivity contribution in [1.29, 1.82) is 0 Å². The lowest BCUT2D eigenvalue weighted by Crippen LogP contribution is -2.75. The second kappa shape index (κ2) is 4.19. The smallest absolute Gasteiger partial charge is 0.201 e. The van der Waals surface area contributed by atoms with Crippen LogP contribution < -0.4 is 0 Å². The summed E-state index contributed by atoms with van der Waals surface area (Å²) in [6.07, 6.45) is 1.39. The van der Waals surface area contributed by atoms with E-state index in [9.17, 15) is 10.2 Å². The van der Waals surface area contributed by atoms with Crippen LogP contribution in [0.1, 0.15) is 46.5 Å². The molecule has 1 spiro atoms. The molecule has 0 aromatic rings. The first-order chi connectivity index (χ1) is 9.80. The minimum Gasteiger partial charge on any atom is -0.384 e. The van der Waals surface area contributed by atoms with Gasteiger partial charge in [-0.1, -0.05) is 6.92 Å². The predicted octanol–water partition coefficient (Wildman–Crippen LogP) is 1.30. The Morgan fingerprint density at radius 3 is 2.62 bits per heavy atom. The first-order valence-corrected chi connectivity index (χ1v) is 7.90. The molecular formula is C15H24O6. The van der Waals surface area contributed by atoms with Crippen molar-refractivity contribution in [3.63, 3.8) is 0 Å². The third-order valence-electron chi connectivity index (χ3n) is 6.18. The molecule has 1 aliphatic carbocycles. The second-order valence-electron chi connectivity index (χ2n) is 7.57. The quantitative estimate of drug-likeness (QED) is 0.657. The highest BCUT2D eigenvalue weighted by atomic mass is 17.3. The van der Waals surface area contributed by atoms with Crippen molar-refractivity contribution in [2.75, 3.05) is 0 Å². The van der Waals surface area contributed by atoms with Gasteiger partial charge in [0.25, 0.3) is 0 Å². The van der Waals surface area contributed by atoms with E-state index in [1.807, 2.05) is 6.92 Å². The molecule has 5 fully saturated rings. The standard InChI is InChI=1S/C15H24O6/c1-8-4-5-10-14(3,17)11(16)18-12-15(10)9(8)6-7-13(2,19-12)20-21-15/h8-12,16-17H,4-7H2,1-3H3/t8-,9?,10?,11+,12-,13+,14+,15-/m1/s1. The number of aliphatic hydroxyl groups excluding tert-OH is 1. The Hall–Kier alpha value is -0.240. The van der Waals surface area contributed by atoms with Gasteiger partial charge in [0, 0.05) is 12.3 Å². The molecule has 0 radical (unpaired) electrons. The maximum absolute atomic E-state index is 10.8. The lowest BCUT2D eigenvalue weighted by Gasteiger charge is -2.61. The average Bonchev–Trinajstić information content (AvgIpc) is 2.63. The lowest BCUT2D eigenvalue weighted by atomic mass is 9.57. The summed E-state index contributed by atoms with van der Waals surface area (Å²) in [7, 11) is 0. The summed E-state index contributed by atoms with van der Waals surface area (Å²) in [5, 5.41) is 21.0. The van der Waals surface area contributed by atoms with Gasteiger partial charge in [-0.3, -0.25) is 0 Å². The molecule has 4 saturated heterocycles. The van der Waals surface area contributed by atoms with Crippen LogP contribution in [-0.4, -0.2) is 39.8 Å². The Labute approximate surface area is 124 Å². The van der Waals surface area contributed by atoms with Crippen LogP contribution in [0.4, 0.5) is 0 Å². The van der Waals surface area contributed by atoms with Crippen molar-refractivity contribution in [2.24, 2.45) is 17.8 Å². The average molecular weight is 300 g/mol. The summed E-state index contributed by atoms with van der Waals surface area (Å²) < 4.78 is 11.6. The molecule has 4 heterocycles. The number of ether oxygens (including phenoxy) is 2. The molecule has 6 nitrogen and oxygen atoms in total. The molecule has 0 aromatic heterocycles. The molecule has 5 rings (SSSR count). The van der Waals surface area contributed by atoms with E-state index in [2.05, 4.69) is 6.92 Å². The SMILES string of the molecule is C[C@@H]1CCC2[C@]34OO[C@@](C)(CCC13)O[C@H]4O[C@H](O)[C@@]2(C)O. The third-order valence-corrected chi connectivity index (χ3v) is 6.18. The fourth-order valence-electron chi connectivity index (χ4n) is 4.89. The number of hydrogen-bond donors (Lipinski definition) is 2. The third kappa shape index (κ3) is 1.69. The molecule has 120 valence electrons. The van der Waals surface area contributed by atoms with Gasteiger partial charge in [0.1, 0.15) is 5.60 Å². The minimum absolute atomic E-state index is 0.185. The van der Waals surface area contributed by atoms with Gasteiger partial charge in [-0.25, -0.2) is 9.78 Å². The van der Waals surface area contributed by atoms with Gasteiger partial charge in [-0.15, -0.1) is 0 Å². The van der Waals surface area contributed by atoms with Gasteiger partial charge < -0.3 is 19.7 Å². The molecule has 21 heavy (non-hydrogen) atoms. The molecule has 4 aliphatic heterocycles. The van der Waals surface area contributed by atoms with Gasteiger partial charge in [0.15, 0.2) is 18.2 Å². The molecule has 1 saturated carbocycles. The number of fused-ring (bicyclic) bond motifs is 2. The van der Waals surface area contributed by atoms with E-state index >= 15 is 0 Å². The van der Waals surface area contributed by atoms with Crippen molar-refractivity contribution >= 4 is 0 Å². The zero-order valence-corrected chi connectivity index (χ0v) is 12.7. The molecule has 5 aliphatic rings. The van der Waals surface area contributed by atoms with Crippen LogP contribution in [0.2, 0.25) is 0 Å². The van der Waals surface area contributed by atoms with Crippen LogP contribution in [0, 0.1) is 17.8 Å². The molecule has 2 N–H and O–H groups in total. The summed E-state index contributed by atoms with van der Waals surface area (Å²) >= 11 is 0. The Morgan fingerprint density at radius 1 is 1.10 bits per heavy atom. The monoisotopic (exact) mass is 300 g/mol. The summed E-state index contributed by atoms with van der Waals surface area (Å²) in [6.45, 7) is 5.65. The van der Waals surface area contributed by atoms with Crippen molar-refractivity contribution < 1.29 is 29.5 Å². The first-order valence-electron chi connectivity index (χ1n) is 7.90. The lowest BCUT2D eigenvalue weighted by molar-refractivity contribution is -0.583. The highest BCUT2D eigenvalue weighted by Gasteiger charge is 2.72. The molecule has 0 aromatic carbocycles. The van der Waals surface area contributed by atoms with Crippen molar-refractivity contribution in [2.45, 2.75) is 76.0 Å². The van der Waals surface area contributed by atoms with Crippen molar-refractivity contribution in [1.82, 2.24) is 0 Å². The van der Waals surface area contributed by atoms with Gasteiger partial charge >= 0.3 is 0 Å². The number of aliphatic hydroxyl groups is 2. The fraction of sp³-hybridized carbons (Fsp3) is 1.00. The zero-order valence-electron chi connectivity index (χ0n) is 12.7. The topological polar surface area (TPSA) is 77.4 Å². The Balaban J connectivity index is 1.85. The van der Waals surface area contributed by atoms with Gasteiger partial charge in [-0.2, -0.15) is 0 Å². The fourth-order valence-corrected chi connectivity index (χ4v) is 4.89. The molecule has 2 unspecified atom stereocenters. The minimum atomic E-state index is -1.38. The molecule has 6 heteroatoms. The highest BCUT2D eigenvalue weighted by Crippen LogP contribution is 2.61. The second-order valence-corrected chi connectivity index (χ2v) is 7.57. The summed E-state index contributed by atoms with van der Waals surface area (Å²) in [4.78, 5) is 11.5. The van der Waals surface area contributed by atoms with E-state index in [1.165, 1.54) is 0 Å². The van der Waals surface area contributed by atoms with Crippen LogP contribution in [0.15, 0.2) is 0 Å². The largest absolute Gasteiger partial charge is 0.384 e. The van der Waals surface area contributed by atoms with E-state index in [4.69, 9.17) is 19.2 Å². The van der Waals surface area contributed by atoms with Crippen molar-refractivity contribution in [3.8, 4) is 0 Å². The predicted molar refractivity (Wildman–Crippen MR) is 70.5 cm³/mol. The molecule has 8 atom stereocenters. The van der Waals surface area contributed by atoms with Gasteiger partial charge in [0.05, 0.1) is 0 Å². The Kier molecular flexibility index (Phi) is 2.86. The maximum Gasteiger partial charge on any atom is 0.201 e. The van der Waals surface area contributed by atoms with Crippen LogP contribution in [-0.2, 0) is 19.2 Å². The van der Waals surface area contributed by atoms with Gasteiger partial charge in [-0.05, 0) is 44.9 Å². The molecule has 2 bridgehead atoms. The van der Waals surface area contributed by atoms with E-state index in [-0.39, 0.29) is 11.8 Å². The van der Waals surface area contributed by atoms with Gasteiger partial charge in [0.2, 0.25) is 5.79 Å². The Morgan fingerprint density at radius 2 is 1.86 bits per heavy atom. The van der Waals surface area contributed by atoms with Crippen molar-refractivity contribution in [3.05, 3.63) is 0 Å². The number of rotatable bonds is 0. The normalized spacial score (nSPS) is 63.0. The first kappa shape index (κ1) is 14.4. The van der Waals surface area contributed by atoms with Crippen LogP contribution >= 0.6 is 0 Å². The summed E-state index contributed by atoms with van der Waals surface area (Å²) in [6, 6.07) is 0. The van der Waals surface area contributed by atoms with E-state index in [0.29, 0.717) is 12.3 Å². The molecule has 0 amide bonds. The Bertz CT molecular complexity index is 453. The summed E-state index contributed by atoms with van der Waals surface area (Å²) in [5.41, 5.74) is -2.21. The van der Waals surface area contributed by atoms with E-state index in [1.54, 1.807) is 6.92 Å². The van der Waals surface area contributed by atoms with Crippen LogP contribution in [0.5, 0.6) is 0 Å². The molecular weight excluding hydrogens is 276 g/mol. The number of hydrogen-bond acceptors (Lipinski definition) is 6. The zero-order chi connectivity index (χ0) is 15.0. The summed E-state index contributed by atoms with van der Waals surface area (Å²) in [5.74, 6) is -0.501. The highest BCUT2D eigenvalue weighted by molar-refractivity contribution is 5.13.